The number of nitrogens with zero attached hydrogens (tertiary/aromatic N) is 1. The molecule has 0 radical (unpaired) electrons. The molecule has 0 aliphatic rings. The SMILES string of the molecule is Cn1c(=O)oc2cc(S(=O)(=O)Nc3cc(Cl)ccc3Cl)c(Cl)cc21. The van der Waals surface area contributed by atoms with E-state index < -0.39 is 15.8 Å². The fourth-order valence-corrected chi connectivity index (χ4v) is 4.11. The highest BCUT2D eigenvalue weighted by atomic mass is 35.5. The van der Waals surface area contributed by atoms with E-state index in [-0.39, 0.29) is 26.2 Å². The smallest absolute Gasteiger partial charge is 0.408 e. The average molecular weight is 408 g/mol. The molecule has 0 saturated heterocycles. The van der Waals surface area contributed by atoms with Crippen molar-refractivity contribution >= 4 is 61.6 Å². The molecule has 2 aromatic carbocycles. The maximum Gasteiger partial charge on any atom is 0.419 e. The van der Waals surface area contributed by atoms with E-state index in [4.69, 9.17) is 39.2 Å². The molecule has 0 spiro atoms. The van der Waals surface area contributed by atoms with Crippen molar-refractivity contribution in [3.05, 3.63) is 56.0 Å². The molecule has 0 aliphatic carbocycles. The minimum absolute atomic E-state index is 0.0652. The Morgan fingerprint density at radius 3 is 2.50 bits per heavy atom. The van der Waals surface area contributed by atoms with Gasteiger partial charge in [-0.15, -0.1) is 0 Å². The van der Waals surface area contributed by atoms with Gasteiger partial charge in [0.25, 0.3) is 10.0 Å². The molecule has 126 valence electrons. The molecule has 6 nitrogen and oxygen atoms in total. The monoisotopic (exact) mass is 406 g/mol. The third kappa shape index (κ3) is 3.00. The third-order valence-corrected chi connectivity index (χ3v) is 5.70. The van der Waals surface area contributed by atoms with E-state index in [1.807, 2.05) is 0 Å². The molecule has 0 fully saturated rings. The first kappa shape index (κ1) is 17.2. The lowest BCUT2D eigenvalue weighted by Gasteiger charge is -2.11. The van der Waals surface area contributed by atoms with Gasteiger partial charge in [0.2, 0.25) is 0 Å². The second-order valence-electron chi connectivity index (χ2n) is 4.91. The Hall–Kier alpha value is -1.67. The van der Waals surface area contributed by atoms with Crippen LogP contribution >= 0.6 is 34.8 Å². The Morgan fingerprint density at radius 1 is 1.08 bits per heavy atom. The zero-order valence-corrected chi connectivity index (χ0v) is 15.1. The summed E-state index contributed by atoms with van der Waals surface area (Å²) in [5.74, 6) is -0.624. The predicted octanol–water partition coefficient (Wildman–Crippen LogP) is 3.89. The minimum atomic E-state index is -4.07. The molecule has 3 aromatic rings. The zero-order chi connectivity index (χ0) is 17.6. The van der Waals surface area contributed by atoms with E-state index in [9.17, 15) is 13.2 Å². The summed E-state index contributed by atoms with van der Waals surface area (Å²) in [7, 11) is -2.59. The normalized spacial score (nSPS) is 11.8. The van der Waals surface area contributed by atoms with Crippen LogP contribution in [0.3, 0.4) is 0 Å². The van der Waals surface area contributed by atoms with Crippen LogP contribution in [0.2, 0.25) is 15.1 Å². The number of halogens is 3. The Labute approximate surface area is 151 Å². The lowest BCUT2D eigenvalue weighted by atomic mass is 10.3. The van der Waals surface area contributed by atoms with Crippen LogP contribution in [0.1, 0.15) is 0 Å². The number of anilines is 1. The van der Waals surface area contributed by atoms with Crippen molar-refractivity contribution in [2.24, 2.45) is 7.05 Å². The molecule has 0 atom stereocenters. The van der Waals surface area contributed by atoms with Gasteiger partial charge in [-0.1, -0.05) is 34.8 Å². The van der Waals surface area contributed by atoms with Gasteiger partial charge in [-0.2, -0.15) is 0 Å². The molecule has 0 saturated carbocycles. The molecule has 1 aromatic heterocycles. The number of aromatic nitrogens is 1. The summed E-state index contributed by atoms with van der Waals surface area (Å²) in [6.45, 7) is 0. The quantitative estimate of drug-likeness (QED) is 0.714. The van der Waals surface area contributed by atoms with Crippen molar-refractivity contribution in [2.75, 3.05) is 4.72 Å². The van der Waals surface area contributed by atoms with Gasteiger partial charge in [0.15, 0.2) is 5.58 Å². The number of hydrogen-bond acceptors (Lipinski definition) is 4. The van der Waals surface area contributed by atoms with Crippen LogP contribution in [0.25, 0.3) is 11.1 Å². The summed E-state index contributed by atoms with van der Waals surface area (Å²) in [6, 6.07) is 6.88. The van der Waals surface area contributed by atoms with Gasteiger partial charge in [0.05, 0.1) is 21.2 Å². The molecule has 0 aliphatic heterocycles. The highest BCUT2D eigenvalue weighted by Gasteiger charge is 2.22. The lowest BCUT2D eigenvalue weighted by Crippen LogP contribution is -2.14. The van der Waals surface area contributed by atoms with Crippen molar-refractivity contribution in [1.82, 2.24) is 4.57 Å². The molecule has 24 heavy (non-hydrogen) atoms. The third-order valence-electron chi connectivity index (χ3n) is 3.31. The van der Waals surface area contributed by atoms with Crippen LogP contribution in [0.15, 0.2) is 44.4 Å². The molecule has 1 N–H and O–H groups in total. The molecule has 0 bridgehead atoms. The van der Waals surface area contributed by atoms with Gasteiger partial charge < -0.3 is 4.42 Å². The maximum atomic E-state index is 12.6. The van der Waals surface area contributed by atoms with Gasteiger partial charge >= 0.3 is 5.76 Å². The Morgan fingerprint density at radius 2 is 1.79 bits per heavy atom. The average Bonchev–Trinajstić information content (AvgIpc) is 2.77. The van der Waals surface area contributed by atoms with Gasteiger partial charge in [0.1, 0.15) is 4.90 Å². The van der Waals surface area contributed by atoms with Crippen LogP contribution in [0.5, 0.6) is 0 Å². The number of sulfonamides is 1. The van der Waals surface area contributed by atoms with E-state index >= 15 is 0 Å². The first-order valence-corrected chi connectivity index (χ1v) is 9.08. The molecular weight excluding hydrogens is 399 g/mol. The summed E-state index contributed by atoms with van der Waals surface area (Å²) in [5, 5.41) is 0.420. The van der Waals surface area contributed by atoms with Crippen LogP contribution in [0, 0.1) is 0 Å². The number of rotatable bonds is 3. The van der Waals surface area contributed by atoms with Crippen molar-refractivity contribution in [1.29, 1.82) is 0 Å². The number of benzene rings is 2. The number of nitrogens with one attached hydrogen (secondary N) is 1. The Balaban J connectivity index is 2.13. The fraction of sp³-hybridized carbons (Fsp3) is 0.0714. The molecule has 3 rings (SSSR count). The van der Waals surface area contributed by atoms with Gasteiger partial charge in [0, 0.05) is 18.1 Å². The summed E-state index contributed by atoms with van der Waals surface area (Å²) in [6.07, 6.45) is 0. The van der Waals surface area contributed by atoms with Gasteiger partial charge in [-0.25, -0.2) is 13.2 Å². The minimum Gasteiger partial charge on any atom is -0.408 e. The van der Waals surface area contributed by atoms with Crippen LogP contribution in [-0.2, 0) is 17.1 Å². The fourth-order valence-electron chi connectivity index (χ4n) is 2.11. The number of aryl methyl sites for hydroxylation is 1. The Bertz CT molecular complexity index is 1120. The van der Waals surface area contributed by atoms with Crippen molar-refractivity contribution in [3.8, 4) is 0 Å². The number of fused-ring (bicyclic) bond motifs is 1. The van der Waals surface area contributed by atoms with Gasteiger partial charge in [-0.3, -0.25) is 9.29 Å². The lowest BCUT2D eigenvalue weighted by molar-refractivity contribution is 0.527. The van der Waals surface area contributed by atoms with E-state index in [0.717, 1.165) is 0 Å². The second-order valence-corrected chi connectivity index (χ2v) is 7.81. The summed E-state index contributed by atoms with van der Waals surface area (Å²) >= 11 is 17.9. The number of oxazole rings is 1. The van der Waals surface area contributed by atoms with Crippen molar-refractivity contribution < 1.29 is 12.8 Å². The molecule has 1 heterocycles. The highest BCUT2D eigenvalue weighted by Crippen LogP contribution is 2.31. The summed E-state index contributed by atoms with van der Waals surface area (Å²) < 4.78 is 33.7. The van der Waals surface area contributed by atoms with Crippen LogP contribution in [0.4, 0.5) is 5.69 Å². The standard InChI is InChI=1S/C14H9Cl3N2O4S/c1-19-11-5-9(17)13(6-12(11)23-14(19)20)24(21,22)18-10-4-7(15)2-3-8(10)16/h2-6,18H,1H3. The maximum absolute atomic E-state index is 12.6. The Kier molecular flexibility index (Phi) is 4.29. The molecule has 0 unspecified atom stereocenters. The first-order chi connectivity index (χ1) is 11.2. The van der Waals surface area contributed by atoms with E-state index in [2.05, 4.69) is 4.72 Å². The summed E-state index contributed by atoms with van der Waals surface area (Å²) in [5.41, 5.74) is 0.587. The second kappa shape index (κ2) is 6.00. The van der Waals surface area contributed by atoms with Crippen molar-refractivity contribution in [2.45, 2.75) is 4.90 Å². The predicted molar refractivity (Wildman–Crippen MR) is 93.7 cm³/mol. The molecule has 0 amide bonds. The van der Waals surface area contributed by atoms with Gasteiger partial charge in [-0.05, 0) is 24.3 Å². The van der Waals surface area contributed by atoms with E-state index in [1.165, 1.54) is 41.9 Å². The summed E-state index contributed by atoms with van der Waals surface area (Å²) in [4.78, 5) is 11.3. The molecular formula is C14H9Cl3N2O4S. The molecule has 10 heteroatoms. The van der Waals surface area contributed by atoms with Crippen molar-refractivity contribution in [3.63, 3.8) is 0 Å². The zero-order valence-electron chi connectivity index (χ0n) is 12.0. The van der Waals surface area contributed by atoms with Crippen LogP contribution in [-0.4, -0.2) is 13.0 Å². The number of hydrogen-bond donors (Lipinski definition) is 1. The first-order valence-electron chi connectivity index (χ1n) is 6.46. The largest absolute Gasteiger partial charge is 0.419 e. The van der Waals surface area contributed by atoms with E-state index in [0.29, 0.717) is 10.5 Å². The highest BCUT2D eigenvalue weighted by molar-refractivity contribution is 7.92. The van der Waals surface area contributed by atoms with Crippen LogP contribution < -0.4 is 10.5 Å². The topological polar surface area (TPSA) is 81.3 Å². The van der Waals surface area contributed by atoms with E-state index in [1.54, 1.807) is 0 Å².